The fourth-order valence-corrected chi connectivity index (χ4v) is 6.13. The van der Waals surface area contributed by atoms with Crippen molar-refractivity contribution in [2.24, 2.45) is 0 Å². The molecule has 0 radical (unpaired) electrons. The summed E-state index contributed by atoms with van der Waals surface area (Å²) in [7, 11) is 0. The predicted molar refractivity (Wildman–Crippen MR) is 104 cm³/mol. The van der Waals surface area contributed by atoms with E-state index in [4.69, 9.17) is 4.74 Å². The molecule has 2 fully saturated rings. The molecule has 2 saturated heterocycles. The van der Waals surface area contributed by atoms with Crippen LogP contribution in [0.25, 0.3) is 0 Å². The Kier molecular flexibility index (Phi) is 5.67. The molecule has 0 aromatic heterocycles. The first-order valence-corrected chi connectivity index (χ1v) is 10.6. The van der Waals surface area contributed by atoms with Gasteiger partial charge in [-0.3, -0.25) is 0 Å². The minimum atomic E-state index is -0.299. The van der Waals surface area contributed by atoms with Gasteiger partial charge in [0.2, 0.25) is 0 Å². The van der Waals surface area contributed by atoms with Gasteiger partial charge in [-0.2, -0.15) is 0 Å². The number of hydrogen-bond acceptors (Lipinski definition) is 4. The monoisotopic (exact) mass is 366 g/mol. The molecule has 0 saturated carbocycles. The van der Waals surface area contributed by atoms with Gasteiger partial charge in [-0.15, -0.1) is 23.5 Å². The molecule has 4 nitrogen and oxygen atoms in total. The molecule has 1 atom stereocenters. The van der Waals surface area contributed by atoms with Crippen LogP contribution in [0.2, 0.25) is 0 Å². The first kappa shape index (κ1) is 18.0. The lowest BCUT2D eigenvalue weighted by Crippen LogP contribution is -2.54. The summed E-state index contributed by atoms with van der Waals surface area (Å²) in [6.45, 7) is 7.31. The van der Waals surface area contributed by atoms with Crippen LogP contribution in [-0.4, -0.2) is 47.2 Å². The minimum absolute atomic E-state index is 0.0423. The fourth-order valence-electron chi connectivity index (χ4n) is 3.25. The first-order chi connectivity index (χ1) is 11.4. The zero-order chi connectivity index (χ0) is 17.2. The Morgan fingerprint density at radius 2 is 2.08 bits per heavy atom. The second kappa shape index (κ2) is 7.58. The molecule has 2 aliphatic heterocycles. The van der Waals surface area contributed by atoms with Gasteiger partial charge in [0.1, 0.15) is 0 Å². The Hall–Kier alpha value is -0.850. The summed E-state index contributed by atoms with van der Waals surface area (Å²) in [6, 6.07) is 8.23. The lowest BCUT2D eigenvalue weighted by Gasteiger charge is -2.41. The van der Waals surface area contributed by atoms with E-state index in [9.17, 15) is 4.79 Å². The molecule has 2 aliphatic rings. The van der Waals surface area contributed by atoms with E-state index in [0.717, 1.165) is 5.69 Å². The van der Waals surface area contributed by atoms with Gasteiger partial charge in [-0.25, -0.2) is 4.79 Å². The number of nitrogens with one attached hydrogen (secondary N) is 1. The molecule has 1 N–H and O–H groups in total. The third-order valence-electron chi connectivity index (χ3n) is 4.09. The normalized spacial score (nSPS) is 24.6. The first-order valence-electron chi connectivity index (χ1n) is 8.50. The van der Waals surface area contributed by atoms with Crippen LogP contribution in [0.1, 0.15) is 37.3 Å². The van der Waals surface area contributed by atoms with Crippen molar-refractivity contribution in [3.63, 3.8) is 0 Å². The van der Waals surface area contributed by atoms with E-state index in [2.05, 4.69) is 17.4 Å². The molecule has 1 unspecified atom stereocenters. The molecule has 132 valence electrons. The molecule has 3 rings (SSSR count). The number of carbonyl (C=O) groups excluding carboxylic acids is 1. The number of ether oxygens (including phenoxy) is 1. The maximum Gasteiger partial charge on any atom is 0.322 e. The second-order valence-corrected chi connectivity index (χ2v) is 9.78. The molecule has 1 aromatic carbocycles. The van der Waals surface area contributed by atoms with Crippen molar-refractivity contribution in [3.05, 3.63) is 29.8 Å². The number of hydrogen-bond donors (Lipinski definition) is 1. The number of carbonyl (C=O) groups is 1. The summed E-state index contributed by atoms with van der Waals surface area (Å²) in [6.07, 6.45) is 1.34. The highest BCUT2D eigenvalue weighted by molar-refractivity contribution is 8.16. The smallest absolute Gasteiger partial charge is 0.322 e. The molecule has 1 aromatic rings. The Morgan fingerprint density at radius 3 is 2.79 bits per heavy atom. The van der Waals surface area contributed by atoms with E-state index in [1.165, 1.54) is 23.5 Å². The van der Waals surface area contributed by atoms with Gasteiger partial charge in [-0.1, -0.05) is 12.1 Å². The van der Waals surface area contributed by atoms with E-state index in [1.54, 1.807) is 0 Å². The van der Waals surface area contributed by atoms with Crippen LogP contribution < -0.4 is 5.32 Å². The van der Waals surface area contributed by atoms with Crippen LogP contribution in [0.3, 0.4) is 0 Å². The highest BCUT2D eigenvalue weighted by atomic mass is 32.2. The summed E-state index contributed by atoms with van der Waals surface area (Å²) in [5.74, 6) is 2.43. The average Bonchev–Trinajstić information content (AvgIpc) is 2.54. The van der Waals surface area contributed by atoms with E-state index in [1.807, 2.05) is 61.3 Å². The van der Waals surface area contributed by atoms with Gasteiger partial charge < -0.3 is 15.0 Å². The molecule has 6 heteroatoms. The highest BCUT2D eigenvalue weighted by Gasteiger charge is 2.33. The topological polar surface area (TPSA) is 41.6 Å². The number of thioether (sulfide) groups is 2. The zero-order valence-corrected chi connectivity index (χ0v) is 16.2. The highest BCUT2D eigenvalue weighted by Crippen LogP contribution is 2.44. The SMILES string of the molecule is CC1CN(C(=O)Nc2cccc(C3SCCCS3)c2)CC(C)(C)O1. The third-order valence-corrected chi connectivity index (χ3v) is 7.11. The molecule has 24 heavy (non-hydrogen) atoms. The van der Waals surface area contributed by atoms with Gasteiger partial charge in [0.05, 0.1) is 22.8 Å². The third kappa shape index (κ3) is 4.61. The molecule has 0 spiro atoms. The van der Waals surface area contributed by atoms with Crippen LogP contribution in [0.5, 0.6) is 0 Å². The maximum absolute atomic E-state index is 12.6. The second-order valence-electron chi connectivity index (χ2n) is 7.05. The van der Waals surface area contributed by atoms with E-state index >= 15 is 0 Å². The van der Waals surface area contributed by atoms with Gasteiger partial charge in [0.15, 0.2) is 0 Å². The largest absolute Gasteiger partial charge is 0.369 e. The Balaban J connectivity index is 1.66. The fraction of sp³-hybridized carbons (Fsp3) is 0.611. The van der Waals surface area contributed by atoms with Crippen molar-refractivity contribution >= 4 is 35.2 Å². The van der Waals surface area contributed by atoms with Crippen molar-refractivity contribution in [1.82, 2.24) is 4.90 Å². The molecule has 0 aliphatic carbocycles. The molecule has 0 bridgehead atoms. The van der Waals surface area contributed by atoms with Crippen LogP contribution >= 0.6 is 23.5 Å². The van der Waals surface area contributed by atoms with Crippen LogP contribution in [0, 0.1) is 0 Å². The summed E-state index contributed by atoms with van der Waals surface area (Å²) in [5, 5.41) is 3.06. The number of anilines is 1. The summed E-state index contributed by atoms with van der Waals surface area (Å²) in [4.78, 5) is 14.5. The van der Waals surface area contributed by atoms with Crippen molar-refractivity contribution in [1.29, 1.82) is 0 Å². The number of nitrogens with zero attached hydrogens (tertiary/aromatic N) is 1. The molecular weight excluding hydrogens is 340 g/mol. The molecule has 2 amide bonds. The summed E-state index contributed by atoms with van der Waals surface area (Å²) >= 11 is 3.99. The van der Waals surface area contributed by atoms with Crippen LogP contribution in [0.4, 0.5) is 10.5 Å². The Bertz CT molecular complexity index is 588. The molecule has 2 heterocycles. The van der Waals surface area contributed by atoms with E-state index in [-0.39, 0.29) is 17.7 Å². The number of amides is 2. The lowest BCUT2D eigenvalue weighted by molar-refractivity contribution is -0.116. The summed E-state index contributed by atoms with van der Waals surface area (Å²) < 4.78 is 6.36. The zero-order valence-electron chi connectivity index (χ0n) is 14.6. The maximum atomic E-state index is 12.6. The summed E-state index contributed by atoms with van der Waals surface area (Å²) in [5.41, 5.74) is 1.87. The van der Waals surface area contributed by atoms with Crippen molar-refractivity contribution in [2.75, 3.05) is 29.9 Å². The standard InChI is InChI=1S/C18H26N2O2S2/c1-13-11-20(12-18(2,3)22-13)17(21)19-15-7-4-6-14(10-15)16-23-8-5-9-24-16/h4,6-7,10,13,16H,5,8-9,11-12H2,1-3H3,(H,19,21). The lowest BCUT2D eigenvalue weighted by atomic mass is 10.1. The number of urea groups is 1. The van der Waals surface area contributed by atoms with E-state index < -0.39 is 0 Å². The Morgan fingerprint density at radius 1 is 1.33 bits per heavy atom. The average molecular weight is 367 g/mol. The van der Waals surface area contributed by atoms with Crippen LogP contribution in [0.15, 0.2) is 24.3 Å². The Labute approximate surface area is 153 Å². The van der Waals surface area contributed by atoms with Gasteiger partial charge in [0, 0.05) is 12.2 Å². The number of morpholine rings is 1. The van der Waals surface area contributed by atoms with Gasteiger partial charge >= 0.3 is 6.03 Å². The van der Waals surface area contributed by atoms with Crippen molar-refractivity contribution in [2.45, 2.75) is 43.5 Å². The van der Waals surface area contributed by atoms with Crippen LogP contribution in [-0.2, 0) is 4.74 Å². The number of benzene rings is 1. The predicted octanol–water partition coefficient (Wildman–Crippen LogP) is 4.59. The van der Waals surface area contributed by atoms with Crippen molar-refractivity contribution < 1.29 is 9.53 Å². The quantitative estimate of drug-likeness (QED) is 0.831. The van der Waals surface area contributed by atoms with Crippen molar-refractivity contribution in [3.8, 4) is 0 Å². The van der Waals surface area contributed by atoms with E-state index in [0.29, 0.717) is 17.7 Å². The number of rotatable bonds is 2. The minimum Gasteiger partial charge on any atom is -0.369 e. The molecular formula is C18H26N2O2S2. The van der Waals surface area contributed by atoms with Gasteiger partial charge in [-0.05, 0) is 56.4 Å². The van der Waals surface area contributed by atoms with Gasteiger partial charge in [0.25, 0.3) is 0 Å².